The van der Waals surface area contributed by atoms with E-state index in [1.165, 1.54) is 16.3 Å². The quantitative estimate of drug-likeness (QED) is 0.173. The average molecular weight is 704 g/mol. The Kier molecular flexibility index (Phi) is 7.17. The van der Waals surface area contributed by atoms with Crippen LogP contribution in [0.25, 0.3) is 88.0 Å². The third-order valence-corrected chi connectivity index (χ3v) is 10.9. The Morgan fingerprint density at radius 2 is 0.982 bits per heavy atom. The molecule has 0 bridgehead atoms. The molecule has 0 aliphatic carbocycles. The second-order valence-electron chi connectivity index (χ2n) is 14.1. The molecule has 2 heterocycles. The molecule has 0 aliphatic rings. The Hall–Kier alpha value is -7.36. The van der Waals surface area contributed by atoms with Crippen molar-refractivity contribution in [2.75, 3.05) is 4.90 Å². The molecule has 0 radical (unpaired) electrons. The van der Waals surface area contributed by atoms with Gasteiger partial charge in [0.15, 0.2) is 5.58 Å². The normalized spacial score (nSPS) is 11.6. The maximum atomic E-state index is 6.98. The Balaban J connectivity index is 1.11. The van der Waals surface area contributed by atoms with Crippen LogP contribution in [-0.4, -0.2) is 0 Å². The van der Waals surface area contributed by atoms with Crippen molar-refractivity contribution in [3.05, 3.63) is 200 Å². The molecule has 258 valence electrons. The summed E-state index contributed by atoms with van der Waals surface area (Å²) in [5, 5.41) is 6.87. The number of furan rings is 2. The fourth-order valence-electron chi connectivity index (χ4n) is 8.25. The molecule has 55 heavy (non-hydrogen) atoms. The topological polar surface area (TPSA) is 29.5 Å². The minimum atomic E-state index is 0.841. The van der Waals surface area contributed by atoms with E-state index in [0.717, 1.165) is 88.8 Å². The summed E-state index contributed by atoms with van der Waals surface area (Å²) in [6.45, 7) is 0. The predicted octanol–water partition coefficient (Wildman–Crippen LogP) is 15.1. The maximum Gasteiger partial charge on any atom is 0.159 e. The van der Waals surface area contributed by atoms with Crippen molar-refractivity contribution in [2.24, 2.45) is 0 Å². The van der Waals surface area contributed by atoms with Gasteiger partial charge >= 0.3 is 0 Å². The molecule has 11 rings (SSSR count). The summed E-state index contributed by atoms with van der Waals surface area (Å²) in [7, 11) is 0. The van der Waals surface area contributed by atoms with Gasteiger partial charge in [-0.2, -0.15) is 0 Å². The Morgan fingerprint density at radius 1 is 0.327 bits per heavy atom. The van der Waals surface area contributed by atoms with E-state index in [9.17, 15) is 0 Å². The molecule has 0 N–H and O–H groups in total. The Morgan fingerprint density at radius 3 is 1.87 bits per heavy atom. The lowest BCUT2D eigenvalue weighted by Crippen LogP contribution is -2.10. The summed E-state index contributed by atoms with van der Waals surface area (Å²) in [5.74, 6) is 0. The molecule has 0 spiro atoms. The van der Waals surface area contributed by atoms with Crippen molar-refractivity contribution in [1.82, 2.24) is 0 Å². The van der Waals surface area contributed by atoms with Crippen LogP contribution in [0.5, 0.6) is 0 Å². The van der Waals surface area contributed by atoms with Crippen LogP contribution in [0.4, 0.5) is 17.1 Å². The number of anilines is 3. The van der Waals surface area contributed by atoms with E-state index < -0.39 is 0 Å². The maximum absolute atomic E-state index is 6.98. The smallest absolute Gasteiger partial charge is 0.159 e. The number of benzene rings is 9. The first kappa shape index (κ1) is 31.2. The van der Waals surface area contributed by atoms with E-state index >= 15 is 0 Å². The highest BCUT2D eigenvalue weighted by Gasteiger charge is 2.22. The molecule has 0 fully saturated rings. The van der Waals surface area contributed by atoms with Gasteiger partial charge in [-0.3, -0.25) is 0 Å². The zero-order chi connectivity index (χ0) is 36.3. The van der Waals surface area contributed by atoms with E-state index in [4.69, 9.17) is 8.83 Å². The molecule has 0 unspecified atom stereocenters. The van der Waals surface area contributed by atoms with Gasteiger partial charge in [-0.15, -0.1) is 0 Å². The van der Waals surface area contributed by atoms with Gasteiger partial charge in [0.1, 0.15) is 16.7 Å². The molecule has 0 amide bonds. The molecule has 0 saturated heterocycles. The van der Waals surface area contributed by atoms with Crippen LogP contribution < -0.4 is 4.90 Å². The minimum absolute atomic E-state index is 0.841. The highest BCUT2D eigenvalue weighted by atomic mass is 16.3. The largest absolute Gasteiger partial charge is 0.456 e. The second kappa shape index (κ2) is 12.6. The van der Waals surface area contributed by atoms with E-state index in [1.807, 2.05) is 18.2 Å². The third-order valence-electron chi connectivity index (χ3n) is 10.9. The van der Waals surface area contributed by atoms with Crippen LogP contribution in [0.15, 0.2) is 209 Å². The average Bonchev–Trinajstić information content (AvgIpc) is 3.84. The van der Waals surface area contributed by atoms with Crippen molar-refractivity contribution < 1.29 is 8.83 Å². The molecule has 3 nitrogen and oxygen atoms in total. The number of rotatable bonds is 6. The van der Waals surface area contributed by atoms with E-state index in [0.29, 0.717) is 0 Å². The summed E-state index contributed by atoms with van der Waals surface area (Å²) in [4.78, 5) is 2.33. The highest BCUT2D eigenvalue weighted by molar-refractivity contribution is 6.14. The Labute approximate surface area is 317 Å². The fraction of sp³-hybridized carbons (Fsp3) is 0. The van der Waals surface area contributed by atoms with Crippen molar-refractivity contribution in [1.29, 1.82) is 0 Å². The fourth-order valence-corrected chi connectivity index (χ4v) is 8.25. The van der Waals surface area contributed by atoms with Crippen LogP contribution in [0.2, 0.25) is 0 Å². The van der Waals surface area contributed by atoms with E-state index in [1.54, 1.807) is 0 Å². The van der Waals surface area contributed by atoms with Gasteiger partial charge in [-0.25, -0.2) is 0 Å². The number of para-hydroxylation sites is 3. The molecule has 9 aromatic carbocycles. The number of nitrogens with zero attached hydrogens (tertiary/aromatic N) is 1. The number of hydrogen-bond donors (Lipinski definition) is 0. The van der Waals surface area contributed by atoms with Gasteiger partial charge in [0.2, 0.25) is 0 Å². The first-order valence-corrected chi connectivity index (χ1v) is 18.7. The predicted molar refractivity (Wildman–Crippen MR) is 229 cm³/mol. The van der Waals surface area contributed by atoms with Crippen LogP contribution in [0.3, 0.4) is 0 Å². The highest BCUT2D eigenvalue weighted by Crippen LogP contribution is 2.46. The number of fused-ring (bicyclic) bond motifs is 7. The lowest BCUT2D eigenvalue weighted by molar-refractivity contribution is 0.669. The molecular weight excluding hydrogens is 671 g/mol. The van der Waals surface area contributed by atoms with Crippen LogP contribution >= 0.6 is 0 Å². The van der Waals surface area contributed by atoms with Gasteiger partial charge in [0, 0.05) is 38.5 Å². The van der Waals surface area contributed by atoms with Crippen molar-refractivity contribution in [2.45, 2.75) is 0 Å². The second-order valence-corrected chi connectivity index (χ2v) is 14.1. The van der Waals surface area contributed by atoms with Gasteiger partial charge in [-0.05, 0) is 87.1 Å². The summed E-state index contributed by atoms with van der Waals surface area (Å²) in [6, 6.07) is 70.9. The van der Waals surface area contributed by atoms with Gasteiger partial charge in [-0.1, -0.05) is 152 Å². The van der Waals surface area contributed by atoms with Gasteiger partial charge in [0.05, 0.1) is 5.69 Å². The van der Waals surface area contributed by atoms with E-state index in [-0.39, 0.29) is 0 Å². The first-order chi connectivity index (χ1) is 27.3. The molecule has 2 aromatic heterocycles. The van der Waals surface area contributed by atoms with E-state index in [2.05, 4.69) is 187 Å². The Bertz CT molecular complexity index is 3210. The third kappa shape index (κ3) is 5.20. The summed E-state index contributed by atoms with van der Waals surface area (Å²) in [6.07, 6.45) is 0. The molecule has 0 aliphatic heterocycles. The van der Waals surface area contributed by atoms with Crippen LogP contribution in [-0.2, 0) is 0 Å². The van der Waals surface area contributed by atoms with Crippen molar-refractivity contribution in [3.8, 4) is 33.4 Å². The van der Waals surface area contributed by atoms with Crippen molar-refractivity contribution >= 4 is 71.7 Å². The minimum Gasteiger partial charge on any atom is -0.456 e. The van der Waals surface area contributed by atoms with Gasteiger partial charge in [0.25, 0.3) is 0 Å². The van der Waals surface area contributed by atoms with Gasteiger partial charge < -0.3 is 13.7 Å². The summed E-state index contributed by atoms with van der Waals surface area (Å²) < 4.78 is 13.3. The SMILES string of the molecule is c1ccc(-c2cccc3c2oc2c(N(c4ccc(-c5ccc6ccccc6c5)cc4)c4cccc(-c5cccc6oc7ccccc7c56)c4)cccc23)cc1. The zero-order valence-electron chi connectivity index (χ0n) is 29.8. The molecular formula is C52H33NO2. The number of hydrogen-bond acceptors (Lipinski definition) is 3. The summed E-state index contributed by atoms with van der Waals surface area (Å²) >= 11 is 0. The lowest BCUT2D eigenvalue weighted by Gasteiger charge is -2.26. The molecule has 11 aromatic rings. The molecule has 3 heteroatoms. The zero-order valence-corrected chi connectivity index (χ0v) is 29.8. The standard InChI is InChI=1S/C52H33NO2/c1-2-13-36(14-3-1)43-20-9-21-44-45-22-10-23-47(52(45)55-51(43)44)53(40-30-28-35(29-31-40)38-27-26-34-12-4-5-15-37(34)32-38)41-17-8-16-39(33-41)42-19-11-25-49-50(42)46-18-6-7-24-48(46)54-49/h1-33H. The molecule has 0 atom stereocenters. The van der Waals surface area contributed by atoms with Crippen molar-refractivity contribution in [3.63, 3.8) is 0 Å². The van der Waals surface area contributed by atoms with Crippen LogP contribution in [0, 0.1) is 0 Å². The van der Waals surface area contributed by atoms with Crippen LogP contribution in [0.1, 0.15) is 0 Å². The monoisotopic (exact) mass is 703 g/mol. The molecule has 0 saturated carbocycles. The lowest BCUT2D eigenvalue weighted by atomic mass is 9.98. The first-order valence-electron chi connectivity index (χ1n) is 18.7. The summed E-state index contributed by atoms with van der Waals surface area (Å²) in [5.41, 5.74) is 13.3.